The third-order valence-electron chi connectivity index (χ3n) is 8.01. The van der Waals surface area contributed by atoms with Crippen molar-refractivity contribution in [1.29, 1.82) is 0 Å². The molecule has 3 fully saturated rings. The lowest BCUT2D eigenvalue weighted by Gasteiger charge is -2.61. The average Bonchev–Trinajstić information content (AvgIpc) is 3.30. The number of hydrogen-bond acceptors (Lipinski definition) is 3. The molecule has 3 heterocycles. The molecule has 5 atom stereocenters. The van der Waals surface area contributed by atoms with Gasteiger partial charge in [0.2, 0.25) is 0 Å². The van der Waals surface area contributed by atoms with Crippen molar-refractivity contribution in [1.82, 2.24) is 14.5 Å². The van der Waals surface area contributed by atoms with E-state index < -0.39 is 6.09 Å². The highest BCUT2D eigenvalue weighted by atomic mass is 16.4. The van der Waals surface area contributed by atoms with Gasteiger partial charge in [-0.05, 0) is 36.7 Å². The Balaban J connectivity index is 1.34. The third kappa shape index (κ3) is 1.79. The van der Waals surface area contributed by atoms with Crippen LogP contribution in [0.25, 0.3) is 11.3 Å². The molecule has 6 rings (SSSR count). The van der Waals surface area contributed by atoms with Gasteiger partial charge in [0.05, 0.1) is 30.4 Å². The van der Waals surface area contributed by atoms with Gasteiger partial charge in [0.15, 0.2) is 0 Å². The number of nitrogens with zero attached hydrogens (tertiary/aromatic N) is 3. The van der Waals surface area contributed by atoms with Crippen molar-refractivity contribution in [2.75, 3.05) is 13.1 Å². The van der Waals surface area contributed by atoms with Gasteiger partial charge in [-0.1, -0.05) is 24.3 Å². The van der Waals surface area contributed by atoms with E-state index in [1.807, 2.05) is 12.5 Å². The summed E-state index contributed by atoms with van der Waals surface area (Å²) in [7, 11) is 0. The van der Waals surface area contributed by atoms with Crippen LogP contribution >= 0.6 is 0 Å². The molecule has 2 aliphatic heterocycles. The smallest absolute Gasteiger partial charge is 0.407 e. The number of amides is 1. The Kier molecular flexibility index (Phi) is 2.98. The molecule has 2 aliphatic carbocycles. The Hall–Kier alpha value is -2.34. The number of likely N-dealkylation sites (tertiary alicyclic amines) is 1. The van der Waals surface area contributed by atoms with E-state index >= 15 is 0 Å². The summed E-state index contributed by atoms with van der Waals surface area (Å²) >= 11 is 0. The van der Waals surface area contributed by atoms with Gasteiger partial charge in [-0.15, -0.1) is 0 Å². The number of piperidine rings is 1. The fourth-order valence-corrected chi connectivity index (χ4v) is 6.85. The first-order chi connectivity index (χ1) is 13.1. The number of rotatable bonds is 1. The van der Waals surface area contributed by atoms with Gasteiger partial charge in [0.1, 0.15) is 0 Å². The zero-order valence-electron chi connectivity index (χ0n) is 15.0. The second-order valence-corrected chi connectivity index (χ2v) is 8.80. The van der Waals surface area contributed by atoms with Crippen LogP contribution in [0, 0.1) is 23.2 Å². The lowest BCUT2D eigenvalue weighted by atomic mass is 9.48. The Morgan fingerprint density at radius 1 is 1.19 bits per heavy atom. The minimum atomic E-state index is -0.820. The van der Waals surface area contributed by atoms with Crippen LogP contribution in [-0.4, -0.2) is 50.0 Å². The van der Waals surface area contributed by atoms with Crippen molar-refractivity contribution in [3.63, 3.8) is 0 Å². The van der Waals surface area contributed by atoms with Crippen molar-refractivity contribution in [3.05, 3.63) is 42.4 Å². The Morgan fingerprint density at radius 3 is 2.63 bits per heavy atom. The molecule has 3 unspecified atom stereocenters. The van der Waals surface area contributed by atoms with Crippen LogP contribution in [0.1, 0.15) is 30.9 Å². The van der Waals surface area contributed by atoms with E-state index in [0.29, 0.717) is 13.1 Å². The molecule has 0 radical (unpaired) electrons. The lowest BCUT2D eigenvalue weighted by molar-refractivity contribution is -0.193. The van der Waals surface area contributed by atoms with Gasteiger partial charge in [-0.25, -0.2) is 9.78 Å². The minimum Gasteiger partial charge on any atom is -0.465 e. The van der Waals surface area contributed by atoms with E-state index in [0.717, 1.165) is 25.0 Å². The van der Waals surface area contributed by atoms with Crippen molar-refractivity contribution < 1.29 is 15.0 Å². The lowest BCUT2D eigenvalue weighted by Crippen LogP contribution is -2.65. The summed E-state index contributed by atoms with van der Waals surface area (Å²) in [5.41, 5.74) is 3.54. The molecule has 1 amide bonds. The highest BCUT2D eigenvalue weighted by Gasteiger charge is 2.67. The maximum absolute atomic E-state index is 11.4. The summed E-state index contributed by atoms with van der Waals surface area (Å²) in [5.74, 6) is 0.746. The second-order valence-electron chi connectivity index (χ2n) is 8.80. The number of carbonyl (C=O) groups is 1. The first-order valence-corrected chi connectivity index (χ1v) is 9.88. The zero-order chi connectivity index (χ0) is 18.3. The van der Waals surface area contributed by atoms with Gasteiger partial charge in [-0.2, -0.15) is 0 Å². The van der Waals surface area contributed by atoms with Gasteiger partial charge in [0, 0.05) is 30.0 Å². The first kappa shape index (κ1) is 15.7. The van der Waals surface area contributed by atoms with E-state index in [1.165, 1.54) is 11.1 Å². The number of carboxylic acid groups (broad SMARTS) is 1. The summed E-state index contributed by atoms with van der Waals surface area (Å²) in [6, 6.07) is 8.57. The van der Waals surface area contributed by atoms with Crippen molar-refractivity contribution >= 4 is 6.09 Å². The number of benzene rings is 1. The highest BCUT2D eigenvalue weighted by molar-refractivity contribution is 5.69. The van der Waals surface area contributed by atoms with Gasteiger partial charge in [0.25, 0.3) is 0 Å². The maximum atomic E-state index is 11.4. The van der Waals surface area contributed by atoms with Crippen molar-refractivity contribution in [3.8, 4) is 11.3 Å². The van der Waals surface area contributed by atoms with Crippen LogP contribution in [0.5, 0.6) is 0 Å². The topological polar surface area (TPSA) is 78.6 Å². The molecule has 2 bridgehead atoms. The molecule has 1 aromatic heterocycles. The monoisotopic (exact) mass is 365 g/mol. The van der Waals surface area contributed by atoms with Crippen LogP contribution in [0.4, 0.5) is 4.79 Å². The molecule has 1 aromatic carbocycles. The van der Waals surface area contributed by atoms with E-state index in [4.69, 9.17) is 0 Å². The largest absolute Gasteiger partial charge is 0.465 e. The predicted molar refractivity (Wildman–Crippen MR) is 98.2 cm³/mol. The molecule has 2 N–H and O–H groups in total. The maximum Gasteiger partial charge on any atom is 0.407 e. The molecule has 2 aromatic rings. The third-order valence-corrected chi connectivity index (χ3v) is 8.01. The molecule has 1 spiro atoms. The quantitative estimate of drug-likeness (QED) is 0.815. The molecule has 140 valence electrons. The van der Waals surface area contributed by atoms with E-state index in [1.54, 1.807) is 4.90 Å². The molecule has 6 heteroatoms. The number of fused-ring (bicyclic) bond motifs is 3. The molecular weight excluding hydrogens is 342 g/mol. The fourth-order valence-electron chi connectivity index (χ4n) is 6.85. The Morgan fingerprint density at radius 2 is 1.93 bits per heavy atom. The fraction of sp³-hybridized carbons (Fsp3) is 0.524. The summed E-state index contributed by atoms with van der Waals surface area (Å²) in [5, 5.41) is 20.8. The SMILES string of the molecule is O=C(O)N1CC2CCC(C1)C21CC([C@H]2c3ccccc3-c3cncn32)[C@H]1O. The van der Waals surface area contributed by atoms with Crippen LogP contribution in [0.3, 0.4) is 0 Å². The first-order valence-electron chi connectivity index (χ1n) is 9.88. The van der Waals surface area contributed by atoms with Crippen LogP contribution in [0.15, 0.2) is 36.8 Å². The molecule has 2 saturated carbocycles. The second kappa shape index (κ2) is 5.13. The molecule has 27 heavy (non-hydrogen) atoms. The van der Waals surface area contributed by atoms with Gasteiger partial charge < -0.3 is 19.7 Å². The number of aliphatic hydroxyl groups excluding tert-OH is 1. The number of aromatic nitrogens is 2. The molecule has 1 saturated heterocycles. The molecule has 4 aliphatic rings. The van der Waals surface area contributed by atoms with E-state index in [9.17, 15) is 15.0 Å². The van der Waals surface area contributed by atoms with Crippen molar-refractivity contribution in [2.24, 2.45) is 23.2 Å². The van der Waals surface area contributed by atoms with E-state index in [-0.39, 0.29) is 35.3 Å². The Bertz CT molecular complexity index is 924. The standard InChI is InChI=1S/C21H23N3O3/c25-19-16(7-21(19)12-5-6-13(21)10-23(9-12)20(26)27)18-15-4-2-1-3-14(15)17-8-22-11-24(17)18/h1-4,8,11-13,16,18-19,25H,5-7,9-10H2,(H,26,27)/t12?,13?,16?,18-,19-,21?/m1/s1. The number of hydrogen-bond donors (Lipinski definition) is 2. The summed E-state index contributed by atoms with van der Waals surface area (Å²) in [6.07, 6.45) is 5.66. The van der Waals surface area contributed by atoms with Crippen LogP contribution in [-0.2, 0) is 0 Å². The van der Waals surface area contributed by atoms with E-state index in [2.05, 4.69) is 33.8 Å². The summed E-state index contributed by atoms with van der Waals surface area (Å²) in [4.78, 5) is 17.3. The average molecular weight is 365 g/mol. The van der Waals surface area contributed by atoms with Crippen LogP contribution in [0.2, 0.25) is 0 Å². The Labute approximate surface area is 157 Å². The van der Waals surface area contributed by atoms with Crippen LogP contribution < -0.4 is 0 Å². The molecular formula is C21H23N3O3. The molecule has 6 nitrogen and oxygen atoms in total. The summed E-state index contributed by atoms with van der Waals surface area (Å²) < 4.78 is 2.22. The number of aliphatic hydroxyl groups is 1. The normalized spacial score (nSPS) is 38.6. The summed E-state index contributed by atoms with van der Waals surface area (Å²) in [6.45, 7) is 1.15. The van der Waals surface area contributed by atoms with Gasteiger partial charge in [-0.3, -0.25) is 0 Å². The number of imidazole rings is 1. The van der Waals surface area contributed by atoms with Crippen molar-refractivity contribution in [2.45, 2.75) is 31.4 Å². The zero-order valence-corrected chi connectivity index (χ0v) is 15.0. The van der Waals surface area contributed by atoms with Gasteiger partial charge >= 0.3 is 6.09 Å². The predicted octanol–water partition coefficient (Wildman–Crippen LogP) is 2.84. The highest BCUT2D eigenvalue weighted by Crippen LogP contribution is 2.67. The minimum absolute atomic E-state index is 0.0884.